The quantitative estimate of drug-likeness (QED) is 0.226. The van der Waals surface area contributed by atoms with Crippen LogP contribution in [-0.2, 0) is 9.59 Å². The largest absolute Gasteiger partial charge is 0.478 e. The van der Waals surface area contributed by atoms with Crippen LogP contribution < -0.4 is 0 Å². The molecule has 0 aliphatic heterocycles. The van der Waals surface area contributed by atoms with Gasteiger partial charge in [-0.15, -0.1) is 0 Å². The van der Waals surface area contributed by atoms with Crippen LogP contribution in [0.15, 0.2) is 36.4 Å². The number of carbonyl (C=O) groups excluding carboxylic acids is 2. The number of unbranched alkanes of at least 4 members (excludes halogenated alkanes) is 2. The van der Waals surface area contributed by atoms with E-state index in [9.17, 15) is 14.4 Å². The monoisotopic (exact) mass is 400 g/mol. The molecule has 0 unspecified atom stereocenters. The van der Waals surface area contributed by atoms with Gasteiger partial charge in [0.25, 0.3) is 0 Å². The Morgan fingerprint density at radius 3 is 2.14 bits per heavy atom. The molecule has 112 valence electrons. The highest BCUT2D eigenvalue weighted by Crippen LogP contribution is 2.12. The first-order valence-electron chi connectivity index (χ1n) is 6.66. The highest BCUT2D eigenvalue weighted by molar-refractivity contribution is 14.1. The van der Waals surface area contributed by atoms with Crippen LogP contribution in [0.5, 0.6) is 0 Å². The zero-order valence-corrected chi connectivity index (χ0v) is 13.8. The van der Waals surface area contributed by atoms with Gasteiger partial charge in [0.1, 0.15) is 0 Å². The minimum atomic E-state index is -0.986. The van der Waals surface area contributed by atoms with E-state index in [4.69, 9.17) is 5.11 Å². The lowest BCUT2D eigenvalue weighted by Crippen LogP contribution is -2.13. The van der Waals surface area contributed by atoms with Gasteiger partial charge < -0.3 is 5.11 Å². The molecule has 0 saturated carbocycles. The number of ketones is 2. The summed E-state index contributed by atoms with van der Waals surface area (Å²) >= 11 is 2.13. The Morgan fingerprint density at radius 1 is 1.00 bits per heavy atom. The molecule has 0 bridgehead atoms. The van der Waals surface area contributed by atoms with Crippen LogP contribution in [0.1, 0.15) is 42.5 Å². The van der Waals surface area contributed by atoms with Crippen LogP contribution in [-0.4, -0.2) is 22.6 Å². The third-order valence-electron chi connectivity index (χ3n) is 3.04. The number of Topliss-reactive ketones (excluding diaryl/α,β-unsaturated/α-hetero) is 2. The minimum Gasteiger partial charge on any atom is -0.478 e. The minimum absolute atomic E-state index is 0.177. The molecule has 0 atom stereocenters. The highest BCUT2D eigenvalue weighted by Gasteiger charge is 2.15. The van der Waals surface area contributed by atoms with Crippen molar-refractivity contribution in [2.24, 2.45) is 0 Å². The summed E-state index contributed by atoms with van der Waals surface area (Å²) in [5.74, 6) is -1.84. The number of benzene rings is 1. The predicted molar refractivity (Wildman–Crippen MR) is 88.4 cm³/mol. The average Bonchev–Trinajstić information content (AvgIpc) is 2.46. The van der Waals surface area contributed by atoms with Gasteiger partial charge in [0.15, 0.2) is 0 Å². The maximum absolute atomic E-state index is 11.9. The van der Waals surface area contributed by atoms with Gasteiger partial charge in [-0.25, -0.2) is 4.79 Å². The fourth-order valence-electron chi connectivity index (χ4n) is 1.78. The lowest BCUT2D eigenvalue weighted by molar-refractivity contribution is -0.132. The normalized spacial score (nSPS) is 10.1. The Bertz CT molecular complexity index is 546. The van der Waals surface area contributed by atoms with Crippen LogP contribution in [0.25, 0.3) is 0 Å². The number of halogens is 1. The van der Waals surface area contributed by atoms with Gasteiger partial charge in [-0.3, -0.25) is 9.59 Å². The van der Waals surface area contributed by atoms with E-state index >= 15 is 0 Å². The number of carbonyl (C=O) groups is 3. The summed E-state index contributed by atoms with van der Waals surface area (Å²) in [6.07, 6.45) is 2.56. The van der Waals surface area contributed by atoms with Gasteiger partial charge >= 0.3 is 5.97 Å². The third kappa shape index (κ3) is 6.20. The van der Waals surface area contributed by atoms with E-state index in [1.807, 2.05) is 0 Å². The van der Waals surface area contributed by atoms with Crippen molar-refractivity contribution in [1.82, 2.24) is 0 Å². The lowest BCUT2D eigenvalue weighted by atomic mass is 10.0. The molecule has 1 rings (SSSR count). The Balaban J connectivity index is 2.31. The Kier molecular flexibility index (Phi) is 7.28. The van der Waals surface area contributed by atoms with E-state index < -0.39 is 17.5 Å². The molecule has 0 spiro atoms. The lowest BCUT2D eigenvalue weighted by Gasteiger charge is -2.02. The van der Waals surface area contributed by atoms with Crippen molar-refractivity contribution < 1.29 is 19.5 Å². The van der Waals surface area contributed by atoms with E-state index in [-0.39, 0.29) is 12.0 Å². The number of carboxylic acid groups (broad SMARTS) is 1. The van der Waals surface area contributed by atoms with Crippen LogP contribution in [0, 0.1) is 3.57 Å². The molecule has 0 fully saturated rings. The Morgan fingerprint density at radius 2 is 1.57 bits per heavy atom. The van der Waals surface area contributed by atoms with E-state index in [1.54, 1.807) is 24.3 Å². The molecule has 0 aromatic heterocycles. The number of hydrogen-bond acceptors (Lipinski definition) is 3. The number of aliphatic carboxylic acids is 1. The second kappa shape index (κ2) is 8.71. The highest BCUT2D eigenvalue weighted by atomic mass is 127. The summed E-state index contributed by atoms with van der Waals surface area (Å²) in [4.78, 5) is 34.2. The predicted octanol–water partition coefficient (Wildman–Crippen LogP) is 3.63. The SMILES string of the molecule is C=C(CCCCCC(=O)C(=O)c1ccc(I)cc1)C(=O)O. The van der Waals surface area contributed by atoms with Crippen molar-refractivity contribution in [3.05, 3.63) is 45.6 Å². The summed E-state index contributed by atoms with van der Waals surface area (Å²) in [7, 11) is 0. The molecule has 4 nitrogen and oxygen atoms in total. The van der Waals surface area contributed by atoms with Gasteiger partial charge in [-0.05, 0) is 66.1 Å². The molecular weight excluding hydrogens is 383 g/mol. The third-order valence-corrected chi connectivity index (χ3v) is 3.76. The molecule has 0 aliphatic carbocycles. The molecule has 0 aliphatic rings. The van der Waals surface area contributed by atoms with Gasteiger partial charge in [0, 0.05) is 21.1 Å². The zero-order chi connectivity index (χ0) is 15.8. The van der Waals surface area contributed by atoms with Crippen molar-refractivity contribution in [2.45, 2.75) is 32.1 Å². The van der Waals surface area contributed by atoms with Gasteiger partial charge in [-0.2, -0.15) is 0 Å². The van der Waals surface area contributed by atoms with E-state index in [0.29, 0.717) is 31.2 Å². The van der Waals surface area contributed by atoms with Crippen molar-refractivity contribution >= 4 is 40.1 Å². The van der Waals surface area contributed by atoms with Crippen molar-refractivity contribution in [1.29, 1.82) is 0 Å². The standard InChI is InChI=1S/C16H17IO4/c1-11(16(20)21)5-3-2-4-6-14(18)15(19)12-7-9-13(17)10-8-12/h7-10H,1-6H2,(H,20,21). The van der Waals surface area contributed by atoms with Gasteiger partial charge in [-0.1, -0.05) is 13.0 Å². The zero-order valence-electron chi connectivity index (χ0n) is 11.6. The fourth-order valence-corrected chi connectivity index (χ4v) is 2.14. The molecule has 5 heteroatoms. The smallest absolute Gasteiger partial charge is 0.330 e. The maximum atomic E-state index is 11.9. The molecule has 0 heterocycles. The van der Waals surface area contributed by atoms with E-state index in [2.05, 4.69) is 29.2 Å². The van der Waals surface area contributed by atoms with Crippen LogP contribution in [0.4, 0.5) is 0 Å². The summed E-state index contributed by atoms with van der Waals surface area (Å²) in [6.45, 7) is 3.44. The first-order chi connectivity index (χ1) is 9.91. The molecule has 1 aromatic rings. The topological polar surface area (TPSA) is 71.4 Å². The molecule has 1 aromatic carbocycles. The van der Waals surface area contributed by atoms with Crippen LogP contribution in [0.2, 0.25) is 0 Å². The van der Waals surface area contributed by atoms with Crippen LogP contribution in [0.3, 0.4) is 0 Å². The second-order valence-electron chi connectivity index (χ2n) is 4.73. The number of carboxylic acids is 1. The van der Waals surface area contributed by atoms with Gasteiger partial charge in [0.2, 0.25) is 11.6 Å². The summed E-state index contributed by atoms with van der Waals surface area (Å²) < 4.78 is 1.01. The van der Waals surface area contributed by atoms with Crippen LogP contribution >= 0.6 is 22.6 Å². The first kappa shape index (κ1) is 17.6. The fraction of sp³-hybridized carbons (Fsp3) is 0.312. The van der Waals surface area contributed by atoms with Crippen molar-refractivity contribution in [3.63, 3.8) is 0 Å². The number of rotatable bonds is 9. The molecule has 21 heavy (non-hydrogen) atoms. The molecular formula is C16H17IO4. The summed E-state index contributed by atoms with van der Waals surface area (Å²) in [5.41, 5.74) is 0.593. The van der Waals surface area contributed by atoms with Crippen molar-refractivity contribution in [2.75, 3.05) is 0 Å². The maximum Gasteiger partial charge on any atom is 0.330 e. The van der Waals surface area contributed by atoms with E-state index in [1.165, 1.54) is 0 Å². The summed E-state index contributed by atoms with van der Waals surface area (Å²) in [6, 6.07) is 6.88. The second-order valence-corrected chi connectivity index (χ2v) is 5.97. The van der Waals surface area contributed by atoms with Gasteiger partial charge in [0.05, 0.1) is 0 Å². The molecule has 0 radical (unpaired) electrons. The number of hydrogen-bond donors (Lipinski definition) is 1. The van der Waals surface area contributed by atoms with E-state index in [0.717, 1.165) is 3.57 Å². The first-order valence-corrected chi connectivity index (χ1v) is 7.74. The van der Waals surface area contributed by atoms with Crippen molar-refractivity contribution in [3.8, 4) is 0 Å². The molecule has 0 saturated heterocycles. The summed E-state index contributed by atoms with van der Waals surface area (Å²) in [5, 5.41) is 8.65. The Hall–Kier alpha value is -1.50. The molecule has 0 amide bonds. The Labute approximate surface area is 137 Å². The average molecular weight is 400 g/mol. The molecule has 1 N–H and O–H groups in total.